The lowest BCUT2D eigenvalue weighted by molar-refractivity contribution is 0.102. The second kappa shape index (κ2) is 6.16. The molecule has 0 saturated carbocycles. The number of carbonyl (C=O) groups excluding carboxylic acids is 1. The molecule has 3 aromatic rings. The molecule has 2 aromatic carbocycles. The Balaban J connectivity index is 1.53. The number of nitrogens with zero attached hydrogens (tertiary/aromatic N) is 1. The molecular formula is C21H18N2O4. The Labute approximate surface area is 155 Å². The first-order chi connectivity index (χ1) is 13.2. The van der Waals surface area contributed by atoms with Crippen LogP contribution in [-0.4, -0.2) is 23.7 Å². The molecule has 6 heteroatoms. The fraction of sp³-hybridized carbons (Fsp3) is 0.238. The number of para-hydroxylation sites is 1. The number of carbonyl (C=O) groups is 1. The minimum Gasteiger partial charge on any atom is -0.486 e. The number of rotatable bonds is 2. The molecule has 6 nitrogen and oxygen atoms in total. The summed E-state index contributed by atoms with van der Waals surface area (Å²) in [5.41, 5.74) is 2.59. The van der Waals surface area contributed by atoms with Crippen LogP contribution >= 0.6 is 0 Å². The number of pyridine rings is 1. The molecule has 0 atom stereocenters. The number of hydrogen-bond acceptors (Lipinski definition) is 4. The Morgan fingerprint density at radius 3 is 2.81 bits per heavy atom. The van der Waals surface area contributed by atoms with Crippen molar-refractivity contribution < 1.29 is 14.3 Å². The normalized spacial score (nSPS) is 14.8. The highest BCUT2D eigenvalue weighted by Gasteiger charge is 2.20. The van der Waals surface area contributed by atoms with Crippen LogP contribution in [0, 0.1) is 0 Å². The van der Waals surface area contributed by atoms with E-state index in [0.717, 1.165) is 30.5 Å². The molecular weight excluding hydrogens is 344 g/mol. The molecule has 0 bridgehead atoms. The highest BCUT2D eigenvalue weighted by Crippen LogP contribution is 2.32. The molecule has 0 spiro atoms. The molecule has 1 N–H and O–H groups in total. The molecule has 2 aliphatic rings. The lowest BCUT2D eigenvalue weighted by Crippen LogP contribution is -2.25. The van der Waals surface area contributed by atoms with E-state index in [2.05, 4.69) is 5.32 Å². The molecule has 1 aromatic heterocycles. The molecule has 0 radical (unpaired) electrons. The first-order valence-corrected chi connectivity index (χ1v) is 9.07. The highest BCUT2D eigenvalue weighted by molar-refractivity contribution is 6.06. The van der Waals surface area contributed by atoms with Gasteiger partial charge in [0.25, 0.3) is 5.91 Å². The van der Waals surface area contributed by atoms with Gasteiger partial charge in [-0.15, -0.1) is 0 Å². The van der Waals surface area contributed by atoms with Crippen molar-refractivity contribution >= 4 is 22.5 Å². The van der Waals surface area contributed by atoms with Gasteiger partial charge in [0.1, 0.15) is 18.8 Å². The Morgan fingerprint density at radius 2 is 1.93 bits per heavy atom. The number of anilines is 1. The molecule has 0 fully saturated rings. The van der Waals surface area contributed by atoms with Crippen molar-refractivity contribution in [3.05, 3.63) is 63.9 Å². The monoisotopic (exact) mass is 362 g/mol. The molecule has 136 valence electrons. The van der Waals surface area contributed by atoms with Gasteiger partial charge >= 0.3 is 0 Å². The fourth-order valence-electron chi connectivity index (χ4n) is 3.84. The van der Waals surface area contributed by atoms with Crippen molar-refractivity contribution in [3.63, 3.8) is 0 Å². The average molecular weight is 362 g/mol. The second-order valence-corrected chi connectivity index (χ2v) is 6.79. The van der Waals surface area contributed by atoms with E-state index in [-0.39, 0.29) is 11.0 Å². The largest absolute Gasteiger partial charge is 0.486 e. The van der Waals surface area contributed by atoms with Gasteiger partial charge in [-0.2, -0.15) is 0 Å². The van der Waals surface area contributed by atoms with Gasteiger partial charge in [-0.05, 0) is 36.6 Å². The molecule has 1 amide bonds. The van der Waals surface area contributed by atoms with E-state index in [1.165, 1.54) is 0 Å². The van der Waals surface area contributed by atoms with Crippen molar-refractivity contribution in [1.29, 1.82) is 0 Å². The van der Waals surface area contributed by atoms with E-state index in [9.17, 15) is 9.59 Å². The summed E-state index contributed by atoms with van der Waals surface area (Å²) in [7, 11) is 0. The SMILES string of the molecule is O=C(Nc1ccc2c(c1)OCCO2)c1cn2c3c(cccc3c1=O)CCC2. The Morgan fingerprint density at radius 1 is 1.07 bits per heavy atom. The molecule has 2 aliphatic heterocycles. The lowest BCUT2D eigenvalue weighted by Gasteiger charge is -2.21. The predicted octanol–water partition coefficient (Wildman–Crippen LogP) is 2.97. The maximum atomic E-state index is 12.9. The number of hydrogen-bond donors (Lipinski definition) is 1. The smallest absolute Gasteiger partial charge is 0.261 e. The molecule has 27 heavy (non-hydrogen) atoms. The van der Waals surface area contributed by atoms with Crippen LogP contribution in [-0.2, 0) is 13.0 Å². The van der Waals surface area contributed by atoms with E-state index >= 15 is 0 Å². The van der Waals surface area contributed by atoms with Gasteiger partial charge in [-0.3, -0.25) is 9.59 Å². The number of aromatic nitrogens is 1. The van der Waals surface area contributed by atoms with E-state index in [1.54, 1.807) is 30.5 Å². The van der Waals surface area contributed by atoms with Gasteiger partial charge in [0.15, 0.2) is 11.5 Å². The van der Waals surface area contributed by atoms with Crippen molar-refractivity contribution in [1.82, 2.24) is 4.57 Å². The maximum Gasteiger partial charge on any atom is 0.261 e. The number of nitrogens with one attached hydrogen (secondary N) is 1. The lowest BCUT2D eigenvalue weighted by atomic mass is 9.99. The van der Waals surface area contributed by atoms with Crippen molar-refractivity contribution in [2.45, 2.75) is 19.4 Å². The summed E-state index contributed by atoms with van der Waals surface area (Å²) < 4.78 is 13.1. The molecule has 3 heterocycles. The topological polar surface area (TPSA) is 69.6 Å². The van der Waals surface area contributed by atoms with Crippen LogP contribution in [0.2, 0.25) is 0 Å². The molecule has 0 saturated heterocycles. The summed E-state index contributed by atoms with van der Waals surface area (Å²) in [6.45, 7) is 1.79. The summed E-state index contributed by atoms with van der Waals surface area (Å²) >= 11 is 0. The first kappa shape index (κ1) is 15.9. The summed E-state index contributed by atoms with van der Waals surface area (Å²) in [4.78, 5) is 25.7. The summed E-state index contributed by atoms with van der Waals surface area (Å²) in [6.07, 6.45) is 3.64. The van der Waals surface area contributed by atoms with Crippen LogP contribution in [0.5, 0.6) is 11.5 Å². The third-order valence-electron chi connectivity index (χ3n) is 5.07. The number of aryl methyl sites for hydroxylation is 2. The Bertz CT molecular complexity index is 1130. The third kappa shape index (κ3) is 2.65. The minimum atomic E-state index is -0.418. The van der Waals surface area contributed by atoms with Gasteiger partial charge in [0, 0.05) is 29.9 Å². The molecule has 0 aliphatic carbocycles. The van der Waals surface area contributed by atoms with E-state index in [0.29, 0.717) is 35.8 Å². The third-order valence-corrected chi connectivity index (χ3v) is 5.07. The Kier molecular flexibility index (Phi) is 3.63. The van der Waals surface area contributed by atoms with Gasteiger partial charge in [0.05, 0.1) is 5.52 Å². The van der Waals surface area contributed by atoms with Crippen molar-refractivity contribution in [2.75, 3.05) is 18.5 Å². The minimum absolute atomic E-state index is 0.149. The molecule has 5 rings (SSSR count). The van der Waals surface area contributed by atoms with Gasteiger partial charge in [0.2, 0.25) is 5.43 Å². The van der Waals surface area contributed by atoms with Gasteiger partial charge in [-0.1, -0.05) is 12.1 Å². The van der Waals surface area contributed by atoms with Crippen LogP contribution in [0.3, 0.4) is 0 Å². The molecule has 0 unspecified atom stereocenters. The number of fused-ring (bicyclic) bond motifs is 1. The zero-order valence-corrected chi connectivity index (χ0v) is 14.7. The van der Waals surface area contributed by atoms with Gasteiger partial charge < -0.3 is 19.4 Å². The quantitative estimate of drug-likeness (QED) is 0.761. The fourth-order valence-corrected chi connectivity index (χ4v) is 3.84. The van der Waals surface area contributed by atoms with Crippen LogP contribution in [0.15, 0.2) is 47.4 Å². The zero-order chi connectivity index (χ0) is 18.4. The van der Waals surface area contributed by atoms with E-state index in [1.807, 2.05) is 16.7 Å². The zero-order valence-electron chi connectivity index (χ0n) is 14.7. The highest BCUT2D eigenvalue weighted by atomic mass is 16.6. The summed E-state index contributed by atoms with van der Waals surface area (Å²) in [5, 5.41) is 3.41. The van der Waals surface area contributed by atoms with Crippen molar-refractivity contribution in [3.8, 4) is 11.5 Å². The van der Waals surface area contributed by atoms with Crippen LogP contribution in [0.4, 0.5) is 5.69 Å². The summed E-state index contributed by atoms with van der Waals surface area (Å²) in [6, 6.07) is 10.9. The number of ether oxygens (including phenoxy) is 2. The standard InChI is InChI=1S/C21H18N2O4/c24-20-15-5-1-3-13-4-2-8-23(19(13)15)12-16(20)21(25)22-14-6-7-17-18(11-14)27-10-9-26-17/h1,3,5-7,11-12H,2,4,8-10H2,(H,22,25). The van der Waals surface area contributed by atoms with Crippen LogP contribution in [0.1, 0.15) is 22.3 Å². The second-order valence-electron chi connectivity index (χ2n) is 6.79. The van der Waals surface area contributed by atoms with Crippen LogP contribution < -0.4 is 20.2 Å². The van der Waals surface area contributed by atoms with Gasteiger partial charge in [-0.25, -0.2) is 0 Å². The number of amides is 1. The van der Waals surface area contributed by atoms with E-state index in [4.69, 9.17) is 9.47 Å². The predicted molar refractivity (Wildman–Crippen MR) is 102 cm³/mol. The average Bonchev–Trinajstić information content (AvgIpc) is 2.70. The van der Waals surface area contributed by atoms with Crippen molar-refractivity contribution in [2.24, 2.45) is 0 Å². The number of benzene rings is 2. The van der Waals surface area contributed by atoms with E-state index < -0.39 is 5.91 Å². The van der Waals surface area contributed by atoms with Crippen LogP contribution in [0.25, 0.3) is 10.9 Å². The first-order valence-electron chi connectivity index (χ1n) is 9.07. The summed E-state index contributed by atoms with van der Waals surface area (Å²) in [5.74, 6) is 0.828. The maximum absolute atomic E-state index is 12.9. The Hall–Kier alpha value is -3.28.